The molecular weight excluding hydrogens is 316 g/mol. The zero-order valence-electron chi connectivity index (χ0n) is 10.4. The average molecular weight is 333 g/mol. The van der Waals surface area contributed by atoms with Crippen LogP contribution in [0.25, 0.3) is 0 Å². The van der Waals surface area contributed by atoms with Crippen molar-refractivity contribution in [2.75, 3.05) is 6.54 Å². The topological polar surface area (TPSA) is 93.2 Å². The van der Waals surface area contributed by atoms with Gasteiger partial charge in [0.25, 0.3) is 0 Å². The molecule has 1 heterocycles. The van der Waals surface area contributed by atoms with Crippen LogP contribution in [0.4, 0.5) is 5.95 Å². The van der Waals surface area contributed by atoms with Crippen LogP contribution < -0.4 is 5.32 Å². The summed E-state index contributed by atoms with van der Waals surface area (Å²) in [5, 5.41) is 23.9. The Morgan fingerprint density at radius 1 is 1.68 bits per heavy atom. The third kappa shape index (κ3) is 3.74. The molecule has 0 aromatic carbocycles. The van der Waals surface area contributed by atoms with Gasteiger partial charge in [0.1, 0.15) is 12.4 Å². The normalized spacial score (nSPS) is 24.5. The van der Waals surface area contributed by atoms with Gasteiger partial charge < -0.3 is 20.5 Å². The summed E-state index contributed by atoms with van der Waals surface area (Å²) in [6.45, 7) is 0.588. The molecule has 3 atom stereocenters. The Labute approximate surface area is 119 Å². The number of hydrogen-bond donors (Lipinski definition) is 2. The first-order valence-electron chi connectivity index (χ1n) is 6.29. The van der Waals surface area contributed by atoms with Gasteiger partial charge in [-0.1, -0.05) is 27.3 Å². The molecule has 19 heavy (non-hydrogen) atoms. The zero-order chi connectivity index (χ0) is 13.8. The summed E-state index contributed by atoms with van der Waals surface area (Å²) in [6.07, 6.45) is 5.60. The van der Waals surface area contributed by atoms with Crippen LogP contribution in [0.2, 0.25) is 0 Å². The van der Waals surface area contributed by atoms with Gasteiger partial charge in [-0.3, -0.25) is 0 Å². The van der Waals surface area contributed by atoms with Gasteiger partial charge in [0.05, 0.1) is 12.6 Å². The number of rotatable bonds is 6. The molecule has 0 amide bonds. The maximum absolute atomic E-state index is 10.7. The molecule has 2 N–H and O–H groups in total. The fourth-order valence-electron chi connectivity index (χ4n) is 2.34. The van der Waals surface area contributed by atoms with Crippen LogP contribution in [0.15, 0.2) is 12.4 Å². The fraction of sp³-hybridized carbons (Fsp3) is 0.727. The highest BCUT2D eigenvalue weighted by atomic mass is 79.9. The number of nitrogens with zero attached hydrogens (tertiary/aromatic N) is 3. The Hall–Kier alpha value is -0.990. The van der Waals surface area contributed by atoms with E-state index in [9.17, 15) is 15.2 Å². The number of alkyl halides is 1. The van der Waals surface area contributed by atoms with E-state index in [2.05, 4.69) is 26.2 Å². The summed E-state index contributed by atoms with van der Waals surface area (Å²) >= 11 is 3.60. The Morgan fingerprint density at radius 3 is 3.11 bits per heavy atom. The minimum atomic E-state index is -0.673. The van der Waals surface area contributed by atoms with E-state index in [1.807, 2.05) is 0 Å². The lowest BCUT2D eigenvalue weighted by molar-refractivity contribution is -0.397. The molecular formula is C11H17BrN4O3. The molecule has 0 aliphatic heterocycles. The van der Waals surface area contributed by atoms with E-state index in [-0.39, 0.29) is 12.5 Å². The van der Waals surface area contributed by atoms with Crippen LogP contribution in [0, 0.1) is 10.1 Å². The molecule has 0 radical (unpaired) electrons. The molecule has 1 aliphatic carbocycles. The Morgan fingerprint density at radius 2 is 2.47 bits per heavy atom. The monoisotopic (exact) mass is 332 g/mol. The van der Waals surface area contributed by atoms with Crippen molar-refractivity contribution in [1.82, 2.24) is 14.9 Å². The Balaban J connectivity index is 1.82. The predicted octanol–water partition coefficient (Wildman–Crippen LogP) is 1.06. The van der Waals surface area contributed by atoms with Crippen LogP contribution in [0.5, 0.6) is 0 Å². The van der Waals surface area contributed by atoms with Gasteiger partial charge in [-0.05, 0) is 17.8 Å². The number of nitro groups is 1. The van der Waals surface area contributed by atoms with E-state index in [0.717, 1.165) is 12.8 Å². The summed E-state index contributed by atoms with van der Waals surface area (Å²) < 4.78 is 1.35. The fourth-order valence-corrected chi connectivity index (χ4v) is 3.11. The van der Waals surface area contributed by atoms with E-state index in [1.165, 1.54) is 23.4 Å². The second-order valence-corrected chi connectivity index (χ2v) is 5.93. The summed E-state index contributed by atoms with van der Waals surface area (Å²) in [6, 6.07) is 0.368. The quantitative estimate of drug-likeness (QED) is 0.461. The first-order chi connectivity index (χ1) is 9.08. The van der Waals surface area contributed by atoms with Gasteiger partial charge in [0.15, 0.2) is 0 Å². The molecule has 106 valence electrons. The van der Waals surface area contributed by atoms with E-state index >= 15 is 0 Å². The van der Waals surface area contributed by atoms with E-state index < -0.39 is 11.0 Å². The minimum absolute atomic E-state index is 0.170. The molecule has 1 aliphatic rings. The Bertz CT molecular complexity index is 439. The maximum atomic E-state index is 10.7. The summed E-state index contributed by atoms with van der Waals surface area (Å²) in [4.78, 5) is 14.2. The maximum Gasteiger partial charge on any atom is 0.434 e. The largest absolute Gasteiger partial charge is 0.434 e. The van der Waals surface area contributed by atoms with Gasteiger partial charge >= 0.3 is 5.95 Å². The molecule has 1 saturated carbocycles. The first kappa shape index (κ1) is 14.4. The van der Waals surface area contributed by atoms with Gasteiger partial charge in [-0.15, -0.1) is 0 Å². The van der Waals surface area contributed by atoms with E-state index in [4.69, 9.17) is 0 Å². The predicted molar refractivity (Wildman–Crippen MR) is 73.2 cm³/mol. The van der Waals surface area contributed by atoms with Crippen molar-refractivity contribution in [1.29, 1.82) is 0 Å². The first-order valence-corrected chi connectivity index (χ1v) is 7.20. The van der Waals surface area contributed by atoms with Crippen molar-refractivity contribution < 1.29 is 10.0 Å². The molecule has 7 nitrogen and oxygen atoms in total. The number of nitrogens with one attached hydrogen (secondary N) is 1. The lowest BCUT2D eigenvalue weighted by Crippen LogP contribution is -2.39. The third-order valence-electron chi connectivity index (χ3n) is 3.31. The van der Waals surface area contributed by atoms with Crippen LogP contribution >= 0.6 is 15.9 Å². The molecule has 0 saturated heterocycles. The number of aliphatic hydroxyl groups is 1. The SMILES string of the molecule is O=[N+]([O-])c1nccn1CC(O)CNC1CCCC1Br. The summed E-state index contributed by atoms with van der Waals surface area (Å²) in [7, 11) is 0. The van der Waals surface area contributed by atoms with Crippen LogP contribution in [0.3, 0.4) is 0 Å². The van der Waals surface area contributed by atoms with Crippen molar-refractivity contribution in [2.24, 2.45) is 0 Å². The number of aliphatic hydroxyl groups excluding tert-OH is 1. The smallest absolute Gasteiger partial charge is 0.390 e. The molecule has 8 heteroatoms. The van der Waals surface area contributed by atoms with E-state index in [1.54, 1.807) is 0 Å². The van der Waals surface area contributed by atoms with Crippen LogP contribution in [-0.2, 0) is 6.54 Å². The van der Waals surface area contributed by atoms with Crippen molar-refractivity contribution in [3.63, 3.8) is 0 Å². The Kier molecular flexibility index (Phi) is 4.89. The van der Waals surface area contributed by atoms with Crippen molar-refractivity contribution in [3.8, 4) is 0 Å². The lowest BCUT2D eigenvalue weighted by atomic mass is 10.2. The molecule has 3 unspecified atom stereocenters. The summed E-state index contributed by atoms with van der Waals surface area (Å²) in [5.74, 6) is -0.238. The number of aromatic nitrogens is 2. The third-order valence-corrected chi connectivity index (χ3v) is 4.41. The highest BCUT2D eigenvalue weighted by Gasteiger charge is 2.25. The zero-order valence-corrected chi connectivity index (χ0v) is 12.0. The molecule has 2 rings (SSSR count). The molecule has 0 bridgehead atoms. The second kappa shape index (κ2) is 6.44. The number of hydrogen-bond acceptors (Lipinski definition) is 5. The molecule has 1 fully saturated rings. The second-order valence-electron chi connectivity index (χ2n) is 4.75. The minimum Gasteiger partial charge on any atom is -0.390 e. The van der Waals surface area contributed by atoms with Crippen molar-refractivity contribution in [3.05, 3.63) is 22.5 Å². The van der Waals surface area contributed by atoms with Gasteiger partial charge in [0.2, 0.25) is 0 Å². The van der Waals surface area contributed by atoms with Crippen LogP contribution in [-0.4, -0.2) is 43.1 Å². The van der Waals surface area contributed by atoms with E-state index in [0.29, 0.717) is 17.4 Å². The highest BCUT2D eigenvalue weighted by Crippen LogP contribution is 2.25. The highest BCUT2D eigenvalue weighted by molar-refractivity contribution is 9.09. The van der Waals surface area contributed by atoms with Gasteiger partial charge in [0, 0.05) is 17.4 Å². The number of halogens is 1. The molecule has 0 spiro atoms. The lowest BCUT2D eigenvalue weighted by Gasteiger charge is -2.18. The van der Waals surface area contributed by atoms with Crippen LogP contribution in [0.1, 0.15) is 19.3 Å². The van der Waals surface area contributed by atoms with Crippen molar-refractivity contribution >= 4 is 21.9 Å². The van der Waals surface area contributed by atoms with Crippen molar-refractivity contribution in [2.45, 2.75) is 42.8 Å². The average Bonchev–Trinajstić information content (AvgIpc) is 2.95. The number of imidazole rings is 1. The molecule has 1 aromatic rings. The summed E-state index contributed by atoms with van der Waals surface area (Å²) in [5.41, 5.74) is 0. The molecule has 1 aromatic heterocycles. The standard InChI is InChI=1S/C11H17BrN4O3/c12-9-2-1-3-10(9)14-6-8(17)7-15-5-4-13-11(15)16(18)19/h4-5,8-10,14,17H,1-3,6-7H2. The van der Waals surface area contributed by atoms with Gasteiger partial charge in [-0.25, -0.2) is 4.57 Å². The van der Waals surface area contributed by atoms with Gasteiger partial charge in [-0.2, -0.15) is 0 Å².